The van der Waals surface area contributed by atoms with Crippen LogP contribution < -0.4 is 10.2 Å². The SMILES string of the molecule is Cc1[nH]c2ccc(C(=O)NCc3ccnc(N4CCN(C)CC4)c3)cc2c1C. The summed E-state index contributed by atoms with van der Waals surface area (Å²) in [5.41, 5.74) is 5.14. The summed E-state index contributed by atoms with van der Waals surface area (Å²) in [6.07, 6.45) is 1.83. The lowest BCUT2D eigenvalue weighted by Crippen LogP contribution is -2.44. The second kappa shape index (κ2) is 7.64. The summed E-state index contributed by atoms with van der Waals surface area (Å²) in [5.74, 6) is 0.929. The lowest BCUT2D eigenvalue weighted by Gasteiger charge is -2.33. The van der Waals surface area contributed by atoms with Gasteiger partial charge in [-0.2, -0.15) is 0 Å². The Bertz CT molecular complexity index is 1000. The van der Waals surface area contributed by atoms with Gasteiger partial charge in [0.25, 0.3) is 5.91 Å². The van der Waals surface area contributed by atoms with Crippen LogP contribution >= 0.6 is 0 Å². The lowest BCUT2D eigenvalue weighted by molar-refractivity contribution is 0.0951. The van der Waals surface area contributed by atoms with Gasteiger partial charge < -0.3 is 20.1 Å². The molecule has 1 saturated heterocycles. The Morgan fingerprint density at radius 3 is 2.71 bits per heavy atom. The summed E-state index contributed by atoms with van der Waals surface area (Å²) in [6.45, 7) is 8.67. The number of hydrogen-bond donors (Lipinski definition) is 2. The standard InChI is InChI=1S/C22H27N5O/c1-15-16(2)25-20-5-4-18(13-19(15)20)22(28)24-14-17-6-7-23-21(12-17)27-10-8-26(3)9-11-27/h4-7,12-13,25H,8-11,14H2,1-3H3,(H,24,28). The van der Waals surface area contributed by atoms with Crippen LogP contribution in [-0.4, -0.2) is 54.0 Å². The average Bonchev–Trinajstić information content (AvgIpc) is 3.00. The van der Waals surface area contributed by atoms with Gasteiger partial charge in [-0.1, -0.05) is 0 Å². The van der Waals surface area contributed by atoms with Gasteiger partial charge >= 0.3 is 0 Å². The van der Waals surface area contributed by atoms with Crippen LogP contribution in [0.2, 0.25) is 0 Å². The quantitative estimate of drug-likeness (QED) is 0.734. The number of carbonyl (C=O) groups is 1. The van der Waals surface area contributed by atoms with E-state index in [0.717, 1.165) is 54.2 Å². The van der Waals surface area contributed by atoms with Crippen molar-refractivity contribution in [3.8, 4) is 0 Å². The van der Waals surface area contributed by atoms with E-state index < -0.39 is 0 Å². The summed E-state index contributed by atoms with van der Waals surface area (Å²) >= 11 is 0. The molecule has 0 saturated carbocycles. The van der Waals surface area contributed by atoms with Crippen molar-refractivity contribution in [3.05, 3.63) is 58.9 Å². The van der Waals surface area contributed by atoms with E-state index in [1.807, 2.05) is 30.5 Å². The van der Waals surface area contributed by atoms with Gasteiger partial charge in [0, 0.05) is 61.1 Å². The maximum atomic E-state index is 12.6. The van der Waals surface area contributed by atoms with Crippen molar-refractivity contribution in [3.63, 3.8) is 0 Å². The van der Waals surface area contributed by atoms with E-state index in [2.05, 4.69) is 52.0 Å². The predicted molar refractivity (Wildman–Crippen MR) is 113 cm³/mol. The number of amides is 1. The van der Waals surface area contributed by atoms with Gasteiger partial charge in [-0.3, -0.25) is 4.79 Å². The van der Waals surface area contributed by atoms with Crippen molar-refractivity contribution in [1.29, 1.82) is 0 Å². The van der Waals surface area contributed by atoms with E-state index in [1.54, 1.807) is 0 Å². The molecule has 6 heteroatoms. The Morgan fingerprint density at radius 2 is 1.93 bits per heavy atom. The highest BCUT2D eigenvalue weighted by Gasteiger charge is 2.16. The Kier molecular flexibility index (Phi) is 5.05. The van der Waals surface area contributed by atoms with E-state index in [4.69, 9.17) is 0 Å². The molecule has 0 atom stereocenters. The zero-order valence-electron chi connectivity index (χ0n) is 16.7. The molecule has 1 amide bonds. The third-order valence-corrected chi connectivity index (χ3v) is 5.66. The van der Waals surface area contributed by atoms with Crippen LogP contribution in [0.1, 0.15) is 27.2 Å². The molecule has 0 radical (unpaired) electrons. The van der Waals surface area contributed by atoms with Crippen LogP contribution in [-0.2, 0) is 6.54 Å². The number of benzene rings is 1. The monoisotopic (exact) mass is 377 g/mol. The fraction of sp³-hybridized carbons (Fsp3) is 0.364. The van der Waals surface area contributed by atoms with Gasteiger partial charge in [-0.05, 0) is 62.4 Å². The first-order valence-corrected chi connectivity index (χ1v) is 9.77. The second-order valence-corrected chi connectivity index (χ2v) is 7.63. The number of likely N-dealkylation sites (N-methyl/N-ethyl adjacent to an activating group) is 1. The first-order chi connectivity index (χ1) is 13.5. The largest absolute Gasteiger partial charge is 0.358 e. The first-order valence-electron chi connectivity index (χ1n) is 9.77. The predicted octanol–water partition coefficient (Wildman–Crippen LogP) is 2.86. The number of rotatable bonds is 4. The van der Waals surface area contributed by atoms with E-state index in [1.165, 1.54) is 5.56 Å². The maximum Gasteiger partial charge on any atom is 0.251 e. The van der Waals surface area contributed by atoms with Gasteiger partial charge in [-0.15, -0.1) is 0 Å². The molecule has 146 valence electrons. The number of fused-ring (bicyclic) bond motifs is 1. The fourth-order valence-electron chi connectivity index (χ4n) is 3.67. The topological polar surface area (TPSA) is 64.3 Å². The fourth-order valence-corrected chi connectivity index (χ4v) is 3.67. The molecule has 2 N–H and O–H groups in total. The van der Waals surface area contributed by atoms with Gasteiger partial charge in [0.05, 0.1) is 0 Å². The molecule has 6 nitrogen and oxygen atoms in total. The minimum atomic E-state index is -0.0573. The van der Waals surface area contributed by atoms with Gasteiger partial charge in [0.2, 0.25) is 0 Å². The van der Waals surface area contributed by atoms with Crippen LogP contribution in [0.4, 0.5) is 5.82 Å². The van der Waals surface area contributed by atoms with E-state index in [9.17, 15) is 4.79 Å². The van der Waals surface area contributed by atoms with Gasteiger partial charge in [-0.25, -0.2) is 4.98 Å². The Balaban J connectivity index is 1.43. The summed E-state index contributed by atoms with van der Waals surface area (Å²) in [6, 6.07) is 9.85. The van der Waals surface area contributed by atoms with Crippen molar-refractivity contribution in [1.82, 2.24) is 20.2 Å². The number of pyridine rings is 1. The Hall–Kier alpha value is -2.86. The van der Waals surface area contributed by atoms with E-state index in [0.29, 0.717) is 12.1 Å². The van der Waals surface area contributed by atoms with Crippen molar-refractivity contribution >= 4 is 22.6 Å². The smallest absolute Gasteiger partial charge is 0.251 e. The highest BCUT2D eigenvalue weighted by molar-refractivity contribution is 5.99. The molecule has 0 spiro atoms. The minimum Gasteiger partial charge on any atom is -0.358 e. The highest BCUT2D eigenvalue weighted by Crippen LogP contribution is 2.22. The molecule has 0 bridgehead atoms. The number of hydrogen-bond acceptors (Lipinski definition) is 4. The van der Waals surface area contributed by atoms with Crippen LogP contribution in [0.5, 0.6) is 0 Å². The summed E-state index contributed by atoms with van der Waals surface area (Å²) in [4.78, 5) is 25.1. The lowest BCUT2D eigenvalue weighted by atomic mass is 10.1. The van der Waals surface area contributed by atoms with Crippen molar-refractivity contribution in [2.45, 2.75) is 20.4 Å². The molecule has 1 aliphatic rings. The van der Waals surface area contributed by atoms with Crippen molar-refractivity contribution in [2.24, 2.45) is 0 Å². The number of nitrogens with zero attached hydrogens (tertiary/aromatic N) is 3. The molecule has 1 fully saturated rings. The molecule has 3 aromatic rings. The molecular formula is C22H27N5O. The minimum absolute atomic E-state index is 0.0573. The Morgan fingerprint density at radius 1 is 1.14 bits per heavy atom. The third kappa shape index (κ3) is 3.73. The molecular weight excluding hydrogens is 350 g/mol. The second-order valence-electron chi connectivity index (χ2n) is 7.63. The first kappa shape index (κ1) is 18.5. The Labute approximate surface area is 165 Å². The van der Waals surface area contributed by atoms with Crippen LogP contribution in [0, 0.1) is 13.8 Å². The van der Waals surface area contributed by atoms with E-state index >= 15 is 0 Å². The van der Waals surface area contributed by atoms with Crippen LogP contribution in [0.3, 0.4) is 0 Å². The summed E-state index contributed by atoms with van der Waals surface area (Å²) in [7, 11) is 2.14. The molecule has 2 aromatic heterocycles. The molecule has 28 heavy (non-hydrogen) atoms. The molecule has 1 aromatic carbocycles. The van der Waals surface area contributed by atoms with Gasteiger partial charge in [0.15, 0.2) is 0 Å². The van der Waals surface area contributed by atoms with Crippen LogP contribution in [0.15, 0.2) is 36.5 Å². The number of piperazine rings is 1. The normalized spacial score (nSPS) is 15.2. The zero-order valence-corrected chi connectivity index (χ0v) is 16.7. The third-order valence-electron chi connectivity index (χ3n) is 5.66. The molecule has 0 unspecified atom stereocenters. The average molecular weight is 377 g/mol. The number of H-pyrrole nitrogens is 1. The van der Waals surface area contributed by atoms with Crippen LogP contribution in [0.25, 0.3) is 10.9 Å². The van der Waals surface area contributed by atoms with Crippen molar-refractivity contribution in [2.75, 3.05) is 38.1 Å². The number of aromatic amines is 1. The van der Waals surface area contributed by atoms with E-state index in [-0.39, 0.29) is 5.91 Å². The molecule has 0 aliphatic carbocycles. The van der Waals surface area contributed by atoms with Crippen molar-refractivity contribution < 1.29 is 4.79 Å². The highest BCUT2D eigenvalue weighted by atomic mass is 16.1. The number of aromatic nitrogens is 2. The number of aryl methyl sites for hydroxylation is 2. The van der Waals surface area contributed by atoms with Gasteiger partial charge in [0.1, 0.15) is 5.82 Å². The molecule has 4 rings (SSSR count). The maximum absolute atomic E-state index is 12.6. The number of nitrogens with one attached hydrogen (secondary N) is 2. The number of carbonyl (C=O) groups excluding carboxylic acids is 1. The zero-order chi connectivity index (χ0) is 19.7. The number of anilines is 1. The summed E-state index contributed by atoms with van der Waals surface area (Å²) in [5, 5.41) is 4.14. The summed E-state index contributed by atoms with van der Waals surface area (Å²) < 4.78 is 0. The molecule has 3 heterocycles. The molecule has 1 aliphatic heterocycles.